The number of nitrogens with one attached hydrogen (secondary N) is 1. The second kappa shape index (κ2) is 6.39. The van der Waals surface area contributed by atoms with E-state index in [9.17, 15) is 9.90 Å². The average molecular weight is 370 g/mol. The van der Waals surface area contributed by atoms with Gasteiger partial charge >= 0.3 is 5.97 Å². The van der Waals surface area contributed by atoms with E-state index in [0.717, 1.165) is 28.0 Å². The van der Waals surface area contributed by atoms with Crippen molar-refractivity contribution in [2.45, 2.75) is 49.8 Å². The molecule has 0 bridgehead atoms. The summed E-state index contributed by atoms with van der Waals surface area (Å²) < 4.78 is -0.936. The third-order valence-electron chi connectivity index (χ3n) is 4.07. The molecule has 7 heteroatoms. The predicted octanol–water partition coefficient (Wildman–Crippen LogP) is 4.27. The first-order valence-corrected chi connectivity index (χ1v) is 9.12. The Labute approximate surface area is 156 Å². The summed E-state index contributed by atoms with van der Waals surface area (Å²) in [7, 11) is 0. The lowest BCUT2D eigenvalue weighted by Crippen LogP contribution is -2.27. The maximum absolute atomic E-state index is 11.3. The van der Waals surface area contributed by atoms with Gasteiger partial charge in [0.1, 0.15) is 11.1 Å². The fraction of sp³-hybridized carbons (Fsp3) is 0.368. The third kappa shape index (κ3) is 3.72. The summed E-state index contributed by atoms with van der Waals surface area (Å²) in [5.41, 5.74) is 3.50. The first kappa shape index (κ1) is 18.4. The van der Waals surface area contributed by atoms with Crippen molar-refractivity contribution in [2.24, 2.45) is 0 Å². The summed E-state index contributed by atoms with van der Waals surface area (Å²) in [6.45, 7) is 9.68. The van der Waals surface area contributed by atoms with E-state index in [1.807, 2.05) is 18.2 Å². The Morgan fingerprint density at radius 3 is 2.46 bits per heavy atom. The number of pyridine rings is 1. The largest absolute Gasteiger partial charge is 0.480 e. The van der Waals surface area contributed by atoms with Crippen LogP contribution in [0, 0.1) is 0 Å². The van der Waals surface area contributed by atoms with Crippen LogP contribution in [-0.4, -0.2) is 35.8 Å². The van der Waals surface area contributed by atoms with Crippen LogP contribution < -0.4 is 0 Å². The first-order valence-electron chi connectivity index (χ1n) is 8.30. The van der Waals surface area contributed by atoms with Gasteiger partial charge in [0.05, 0.1) is 28.1 Å². The highest BCUT2D eigenvalue weighted by Crippen LogP contribution is 2.33. The SMILES string of the molecule is CC(C)(Sc1cc2cc(-c3cc(C(C)(C)C)ncn3)[nH]c2cn1)C(=O)O. The van der Waals surface area contributed by atoms with Gasteiger partial charge in [-0.25, -0.2) is 15.0 Å². The number of carbonyl (C=O) groups is 1. The first-order chi connectivity index (χ1) is 12.1. The van der Waals surface area contributed by atoms with E-state index in [4.69, 9.17) is 0 Å². The number of H-pyrrole nitrogens is 1. The molecule has 0 spiro atoms. The van der Waals surface area contributed by atoms with Gasteiger partial charge in [0, 0.05) is 16.5 Å². The Kier molecular flexibility index (Phi) is 4.52. The van der Waals surface area contributed by atoms with E-state index < -0.39 is 10.7 Å². The number of aromatic amines is 1. The number of hydrogen-bond acceptors (Lipinski definition) is 5. The van der Waals surface area contributed by atoms with Crippen LogP contribution in [0.15, 0.2) is 35.7 Å². The van der Waals surface area contributed by atoms with Gasteiger partial charge in [-0.15, -0.1) is 0 Å². The van der Waals surface area contributed by atoms with Gasteiger partial charge in [0.2, 0.25) is 0 Å². The molecule has 0 aromatic carbocycles. The molecule has 0 radical (unpaired) electrons. The monoisotopic (exact) mass is 370 g/mol. The topological polar surface area (TPSA) is 91.8 Å². The van der Waals surface area contributed by atoms with Crippen molar-refractivity contribution in [3.05, 3.63) is 36.4 Å². The van der Waals surface area contributed by atoms with E-state index in [1.165, 1.54) is 11.8 Å². The van der Waals surface area contributed by atoms with Crippen molar-refractivity contribution in [2.75, 3.05) is 0 Å². The van der Waals surface area contributed by atoms with Gasteiger partial charge in [-0.2, -0.15) is 0 Å². The number of carboxylic acids is 1. The minimum atomic E-state index is -0.936. The van der Waals surface area contributed by atoms with Crippen molar-refractivity contribution < 1.29 is 9.90 Å². The molecule has 2 N–H and O–H groups in total. The molecule has 0 atom stereocenters. The molecule has 0 saturated heterocycles. The standard InChI is InChI=1S/C19H22N4O2S/c1-18(2,3)15-8-12(21-10-22-15)13-6-11-7-16(20-9-14(11)23-13)26-19(4,5)17(24)25/h6-10,23H,1-5H3,(H,24,25). The van der Waals surface area contributed by atoms with Crippen LogP contribution in [0.2, 0.25) is 0 Å². The molecule has 3 aromatic heterocycles. The molecule has 0 saturated carbocycles. The number of carboxylic acid groups (broad SMARTS) is 1. The summed E-state index contributed by atoms with van der Waals surface area (Å²) in [4.78, 5) is 27.8. The summed E-state index contributed by atoms with van der Waals surface area (Å²) in [5.74, 6) is -0.866. The summed E-state index contributed by atoms with van der Waals surface area (Å²) >= 11 is 1.23. The predicted molar refractivity (Wildman–Crippen MR) is 103 cm³/mol. The van der Waals surface area contributed by atoms with Gasteiger partial charge < -0.3 is 10.1 Å². The quantitative estimate of drug-likeness (QED) is 0.666. The minimum absolute atomic E-state index is 0.0581. The van der Waals surface area contributed by atoms with Crippen LogP contribution in [-0.2, 0) is 10.2 Å². The van der Waals surface area contributed by atoms with Gasteiger partial charge in [-0.05, 0) is 32.0 Å². The summed E-state index contributed by atoms with van der Waals surface area (Å²) in [5, 5.41) is 10.9. The molecule has 136 valence electrons. The minimum Gasteiger partial charge on any atom is -0.480 e. The number of fused-ring (bicyclic) bond motifs is 1. The fourth-order valence-electron chi connectivity index (χ4n) is 2.42. The molecule has 6 nitrogen and oxygen atoms in total. The van der Waals surface area contributed by atoms with Gasteiger partial charge in [-0.1, -0.05) is 32.5 Å². The number of hydrogen-bond donors (Lipinski definition) is 2. The highest BCUT2D eigenvalue weighted by Gasteiger charge is 2.29. The molecule has 26 heavy (non-hydrogen) atoms. The van der Waals surface area contributed by atoms with E-state index >= 15 is 0 Å². The smallest absolute Gasteiger partial charge is 0.319 e. The molecule has 0 aliphatic rings. The zero-order valence-corrected chi connectivity index (χ0v) is 16.3. The zero-order chi connectivity index (χ0) is 19.1. The number of thioether (sulfide) groups is 1. The third-order valence-corrected chi connectivity index (χ3v) is 5.18. The number of aromatic nitrogens is 4. The fourth-order valence-corrected chi connectivity index (χ4v) is 3.33. The lowest BCUT2D eigenvalue weighted by molar-refractivity contribution is -0.138. The molecular weight excluding hydrogens is 348 g/mol. The second-order valence-corrected chi connectivity index (χ2v) is 9.39. The average Bonchev–Trinajstić information content (AvgIpc) is 2.97. The molecule has 0 fully saturated rings. The Balaban J connectivity index is 1.97. The van der Waals surface area contributed by atoms with E-state index in [1.54, 1.807) is 26.4 Å². The van der Waals surface area contributed by atoms with Crippen LogP contribution in [0.4, 0.5) is 0 Å². The van der Waals surface area contributed by atoms with Gasteiger partial charge in [0.15, 0.2) is 0 Å². The van der Waals surface area contributed by atoms with E-state index in [-0.39, 0.29) is 5.41 Å². The van der Waals surface area contributed by atoms with E-state index in [2.05, 4.69) is 40.7 Å². The molecule has 0 aliphatic heterocycles. The van der Waals surface area contributed by atoms with Crippen molar-refractivity contribution in [1.82, 2.24) is 19.9 Å². The highest BCUT2D eigenvalue weighted by molar-refractivity contribution is 8.01. The maximum atomic E-state index is 11.3. The molecule has 3 aromatic rings. The number of rotatable bonds is 4. The second-order valence-electron chi connectivity index (χ2n) is 7.75. The number of aliphatic carboxylic acids is 1. The van der Waals surface area contributed by atoms with Gasteiger partial charge in [-0.3, -0.25) is 4.79 Å². The summed E-state index contributed by atoms with van der Waals surface area (Å²) in [6, 6.07) is 5.89. The van der Waals surface area contributed by atoms with Crippen molar-refractivity contribution >= 4 is 28.6 Å². The van der Waals surface area contributed by atoms with Crippen molar-refractivity contribution in [1.29, 1.82) is 0 Å². The molecule has 0 amide bonds. The summed E-state index contributed by atoms with van der Waals surface area (Å²) in [6.07, 6.45) is 3.31. The lowest BCUT2D eigenvalue weighted by Gasteiger charge is -2.17. The molecule has 3 rings (SSSR count). The molecular formula is C19H22N4O2S. The Hall–Kier alpha value is -2.41. The van der Waals surface area contributed by atoms with Crippen molar-refractivity contribution in [3.63, 3.8) is 0 Å². The molecule has 0 unspecified atom stereocenters. The van der Waals surface area contributed by atoms with Crippen LogP contribution in [0.1, 0.15) is 40.3 Å². The maximum Gasteiger partial charge on any atom is 0.319 e. The highest BCUT2D eigenvalue weighted by atomic mass is 32.2. The Morgan fingerprint density at radius 2 is 1.81 bits per heavy atom. The van der Waals surface area contributed by atoms with Crippen LogP contribution in [0.5, 0.6) is 0 Å². The number of nitrogens with zero attached hydrogens (tertiary/aromatic N) is 3. The van der Waals surface area contributed by atoms with Crippen LogP contribution >= 0.6 is 11.8 Å². The normalized spacial score (nSPS) is 12.5. The van der Waals surface area contributed by atoms with Crippen molar-refractivity contribution in [3.8, 4) is 11.4 Å². The zero-order valence-electron chi connectivity index (χ0n) is 15.5. The lowest BCUT2D eigenvalue weighted by atomic mass is 9.91. The Bertz CT molecular complexity index is 973. The van der Waals surface area contributed by atoms with Gasteiger partial charge in [0.25, 0.3) is 0 Å². The Morgan fingerprint density at radius 1 is 1.08 bits per heavy atom. The molecule has 3 heterocycles. The van der Waals surface area contributed by atoms with Crippen LogP contribution in [0.25, 0.3) is 22.3 Å². The molecule has 0 aliphatic carbocycles. The van der Waals surface area contributed by atoms with E-state index in [0.29, 0.717) is 5.03 Å². The van der Waals surface area contributed by atoms with Crippen LogP contribution in [0.3, 0.4) is 0 Å².